The highest BCUT2D eigenvalue weighted by Crippen LogP contribution is 2.54. The van der Waals surface area contributed by atoms with Crippen molar-refractivity contribution in [2.24, 2.45) is 0 Å². The zero-order valence-electron chi connectivity index (χ0n) is 32.4. The molecule has 0 unspecified atom stereocenters. The fourth-order valence-corrected chi connectivity index (χ4v) is 9.24. The van der Waals surface area contributed by atoms with Crippen LogP contribution in [0.5, 0.6) is 5.75 Å². The molecule has 54 heavy (non-hydrogen) atoms. The Kier molecular flexibility index (Phi) is 8.65. The van der Waals surface area contributed by atoms with Crippen molar-refractivity contribution in [3.05, 3.63) is 73.1 Å². The second kappa shape index (κ2) is 12.5. The Morgan fingerprint density at radius 2 is 1.48 bits per heavy atom. The van der Waals surface area contributed by atoms with E-state index < -0.39 is 65.1 Å². The van der Waals surface area contributed by atoms with Gasteiger partial charge in [-0.05, 0) is 106 Å². The minimum Gasteiger partial charge on any atom is -0.507 e. The fourth-order valence-electron chi connectivity index (χ4n) is 9.24. The van der Waals surface area contributed by atoms with E-state index >= 15 is 4.79 Å². The predicted octanol–water partition coefficient (Wildman–Crippen LogP) is 3.66. The largest absolute Gasteiger partial charge is 0.507 e. The molecule has 0 radical (unpaired) electrons. The molecular weight excluding hydrogens is 696 g/mol. The monoisotopic (exact) mass is 746 g/mol. The molecule has 0 amide bonds. The van der Waals surface area contributed by atoms with E-state index in [0.717, 1.165) is 0 Å². The van der Waals surface area contributed by atoms with E-state index in [-0.39, 0.29) is 87.2 Å². The number of nitrogens with zero attached hydrogens (tertiary/aromatic N) is 2. The van der Waals surface area contributed by atoms with Gasteiger partial charge in [-0.15, -0.1) is 0 Å². The van der Waals surface area contributed by atoms with Gasteiger partial charge in [-0.25, -0.2) is 0 Å². The van der Waals surface area contributed by atoms with Crippen LogP contribution in [0.2, 0.25) is 0 Å². The third-order valence-corrected chi connectivity index (χ3v) is 13.0. The Labute approximate surface area is 313 Å². The number of aliphatic hydroxyl groups is 2. The minimum atomic E-state index is -0.970. The summed E-state index contributed by atoms with van der Waals surface area (Å²) >= 11 is 0. The second-order valence-corrected chi connectivity index (χ2v) is 16.9. The van der Waals surface area contributed by atoms with Crippen LogP contribution in [0.25, 0.3) is 11.0 Å². The molecule has 5 aliphatic rings. The molecule has 5 heterocycles. The van der Waals surface area contributed by atoms with Gasteiger partial charge < -0.3 is 48.5 Å². The lowest BCUT2D eigenvalue weighted by molar-refractivity contribution is -0.176. The van der Waals surface area contributed by atoms with Gasteiger partial charge >= 0.3 is 0 Å². The summed E-state index contributed by atoms with van der Waals surface area (Å²) in [6, 6.07) is 4.26. The Morgan fingerprint density at radius 3 is 2.11 bits per heavy atom. The molecule has 4 saturated heterocycles. The number of carbonyl (C=O) groups excluding carboxylic acids is 2. The first-order valence-electron chi connectivity index (χ1n) is 18.7. The Morgan fingerprint density at radius 1 is 0.815 bits per heavy atom. The number of aryl methyl sites for hydroxylation is 1. The maximum Gasteiger partial charge on any atom is 0.202 e. The molecule has 0 saturated carbocycles. The summed E-state index contributed by atoms with van der Waals surface area (Å²) < 4.78 is 30.9. The second-order valence-electron chi connectivity index (χ2n) is 16.9. The van der Waals surface area contributed by atoms with Crippen LogP contribution >= 0.6 is 0 Å². The first-order chi connectivity index (χ1) is 25.3. The molecule has 13 nitrogen and oxygen atoms in total. The van der Waals surface area contributed by atoms with Crippen molar-refractivity contribution in [1.82, 2.24) is 9.80 Å². The average molecular weight is 747 g/mol. The number of carbonyl (C=O) groups is 2. The van der Waals surface area contributed by atoms with E-state index in [9.17, 15) is 24.9 Å². The molecule has 3 aromatic rings. The van der Waals surface area contributed by atoms with E-state index in [1.54, 1.807) is 33.8 Å². The Balaban J connectivity index is 1.34. The van der Waals surface area contributed by atoms with Gasteiger partial charge in [0, 0.05) is 34.3 Å². The maximum absolute atomic E-state index is 15.1. The minimum absolute atomic E-state index is 0.00321. The third-order valence-electron chi connectivity index (χ3n) is 13.0. The highest BCUT2D eigenvalue weighted by molar-refractivity contribution is 6.33. The number of hydrogen-bond acceptors (Lipinski definition) is 13. The van der Waals surface area contributed by atoms with Gasteiger partial charge in [0.25, 0.3) is 0 Å². The van der Waals surface area contributed by atoms with E-state index in [1.807, 2.05) is 51.8 Å². The van der Waals surface area contributed by atoms with Crippen LogP contribution in [-0.4, -0.2) is 119 Å². The van der Waals surface area contributed by atoms with Crippen LogP contribution in [0.15, 0.2) is 27.4 Å². The lowest BCUT2D eigenvalue weighted by Gasteiger charge is -2.49. The summed E-state index contributed by atoms with van der Waals surface area (Å²) in [6.07, 6.45) is -4.44. The fraction of sp³-hybridized carbons (Fsp3) is 0.585. The molecule has 2 aromatic carbocycles. The zero-order valence-corrected chi connectivity index (χ0v) is 32.4. The summed E-state index contributed by atoms with van der Waals surface area (Å²) in [6.45, 7) is 10.9. The van der Waals surface area contributed by atoms with Gasteiger partial charge in [-0.2, -0.15) is 0 Å². The molecule has 3 N–H and O–H groups in total. The summed E-state index contributed by atoms with van der Waals surface area (Å²) in [5.41, 5.74) is -1.39. The normalized spacial score (nSPS) is 37.5. The van der Waals surface area contributed by atoms with Gasteiger partial charge in [0.05, 0.1) is 59.2 Å². The molecule has 0 spiro atoms. The number of aliphatic hydroxyl groups excluding tert-OH is 2. The smallest absolute Gasteiger partial charge is 0.202 e. The molecule has 4 fully saturated rings. The van der Waals surface area contributed by atoms with Crippen molar-refractivity contribution >= 4 is 22.5 Å². The van der Waals surface area contributed by atoms with Crippen LogP contribution in [0, 0.1) is 6.92 Å². The Hall–Kier alpha value is -3.53. The van der Waals surface area contributed by atoms with Crippen LogP contribution in [0.3, 0.4) is 0 Å². The standard InChI is InChI=1S/C41H50N2O11/c1-16-11-22-30(37-28(16)24(44)14-27(53-37)41(6)39(54-41)36-18(3)52-36)35(48)31-29(34(22)47)20(25-13-23(42(7)8)32(45)17(2)50-25)12-21(33(31)46)26-15-40(5,43(9)10)38(49)19(4)51-26/h11-12,14,17-19,23,25-26,32,36,38-39,45-46,49H,13,15H2,1-10H3/t17-,18+,19-,23-,25-,26-,32-,36+,38+,39+,40-,41-/m0/s1. The number of hydrogen-bond donors (Lipinski definition) is 3. The van der Waals surface area contributed by atoms with Crippen molar-refractivity contribution in [2.45, 2.75) is 127 Å². The number of fused-ring (bicyclic) bond motifs is 4. The van der Waals surface area contributed by atoms with E-state index in [1.165, 1.54) is 12.1 Å². The quantitative estimate of drug-likeness (QED) is 0.244. The number of likely N-dealkylation sites (N-methyl/N-ethyl adjacent to an activating group) is 2. The summed E-state index contributed by atoms with van der Waals surface area (Å²) in [7, 11) is 7.45. The molecule has 4 aliphatic heterocycles. The predicted molar refractivity (Wildman–Crippen MR) is 196 cm³/mol. The maximum atomic E-state index is 15.1. The van der Waals surface area contributed by atoms with Crippen molar-refractivity contribution < 1.29 is 48.3 Å². The third kappa shape index (κ3) is 5.38. The number of phenolic OH excluding ortho intramolecular Hbond substituents is 1. The van der Waals surface area contributed by atoms with Crippen molar-refractivity contribution in [3.63, 3.8) is 0 Å². The highest BCUT2D eigenvalue weighted by Gasteiger charge is 2.66. The number of ketones is 2. The number of epoxide rings is 2. The molecule has 8 rings (SSSR count). The van der Waals surface area contributed by atoms with Crippen molar-refractivity contribution in [1.29, 1.82) is 0 Å². The molecule has 12 atom stereocenters. The molecule has 1 aromatic heterocycles. The number of rotatable bonds is 6. The molecular formula is C41H50N2O11. The number of aromatic hydroxyl groups is 1. The number of ether oxygens (including phenoxy) is 4. The van der Waals surface area contributed by atoms with Crippen LogP contribution in [0.4, 0.5) is 0 Å². The van der Waals surface area contributed by atoms with Gasteiger partial charge in [0.1, 0.15) is 29.3 Å². The number of phenols is 1. The Bertz CT molecular complexity index is 2160. The highest BCUT2D eigenvalue weighted by atomic mass is 16.7. The first kappa shape index (κ1) is 37.4. The van der Waals surface area contributed by atoms with Gasteiger partial charge in [-0.1, -0.05) is 0 Å². The van der Waals surface area contributed by atoms with E-state index in [2.05, 4.69) is 0 Å². The van der Waals surface area contributed by atoms with Crippen LogP contribution in [-0.2, 0) is 24.5 Å². The summed E-state index contributed by atoms with van der Waals surface area (Å²) in [4.78, 5) is 47.7. The topological polar surface area (TPSA) is 175 Å². The SMILES string of the molecule is Cc1cc2c(c3oc([C@]4(C)O[C@@H]4[C@@H]4O[C@@H]4C)cc(=O)c13)C(=O)c1c(O)c([C@@H]3C[C@](C)(N(C)C)[C@H](O)[C@H](C)O3)cc([C@@H]3C[C@H](N(C)C)[C@@H](O)[C@H](C)O3)c1C2=O. The first-order valence-corrected chi connectivity index (χ1v) is 18.7. The lowest BCUT2D eigenvalue weighted by atomic mass is 9.74. The summed E-state index contributed by atoms with van der Waals surface area (Å²) in [5, 5.41) is 34.7. The van der Waals surface area contributed by atoms with Crippen molar-refractivity contribution in [3.8, 4) is 5.75 Å². The van der Waals surface area contributed by atoms with Gasteiger partial charge in [0.15, 0.2) is 16.8 Å². The van der Waals surface area contributed by atoms with E-state index in [4.69, 9.17) is 23.4 Å². The zero-order chi connectivity index (χ0) is 39.1. The number of benzene rings is 2. The van der Waals surface area contributed by atoms with Crippen LogP contribution in [0.1, 0.15) is 114 Å². The van der Waals surface area contributed by atoms with Crippen molar-refractivity contribution in [2.75, 3.05) is 28.2 Å². The molecule has 0 bridgehead atoms. The van der Waals surface area contributed by atoms with Gasteiger partial charge in [-0.3, -0.25) is 14.4 Å². The average Bonchev–Trinajstić information content (AvgIpc) is 4.01. The van der Waals surface area contributed by atoms with E-state index in [0.29, 0.717) is 11.1 Å². The molecule has 1 aliphatic carbocycles. The summed E-state index contributed by atoms with van der Waals surface area (Å²) in [5.74, 6) is -1.42. The molecule has 13 heteroatoms. The lowest BCUT2D eigenvalue weighted by Crippen LogP contribution is -2.59. The van der Waals surface area contributed by atoms with Gasteiger partial charge in [0.2, 0.25) is 5.78 Å². The van der Waals surface area contributed by atoms with Crippen LogP contribution < -0.4 is 5.43 Å². The molecule has 290 valence electrons.